The van der Waals surface area contributed by atoms with Crippen LogP contribution in [-0.2, 0) is 0 Å². The molecule has 0 unspecified atom stereocenters. The van der Waals surface area contributed by atoms with E-state index >= 15 is 0 Å². The summed E-state index contributed by atoms with van der Waals surface area (Å²) in [6.45, 7) is 4.64. The SMILES string of the molecule is CC(C)(N)CNc1ncc(C2CCCCC2)cn1. The summed E-state index contributed by atoms with van der Waals surface area (Å²) in [5.41, 5.74) is 6.95. The highest BCUT2D eigenvalue weighted by atomic mass is 15.1. The van der Waals surface area contributed by atoms with Crippen molar-refractivity contribution in [3.05, 3.63) is 18.0 Å². The maximum absolute atomic E-state index is 5.91. The maximum Gasteiger partial charge on any atom is 0.222 e. The summed E-state index contributed by atoms with van der Waals surface area (Å²) in [6.07, 6.45) is 10.6. The highest BCUT2D eigenvalue weighted by Crippen LogP contribution is 2.31. The number of anilines is 1. The summed E-state index contributed by atoms with van der Waals surface area (Å²) in [6, 6.07) is 0. The molecule has 1 aliphatic carbocycles. The Morgan fingerprint density at radius 2 is 1.83 bits per heavy atom. The van der Waals surface area contributed by atoms with Crippen molar-refractivity contribution in [3.8, 4) is 0 Å². The van der Waals surface area contributed by atoms with Gasteiger partial charge in [0.1, 0.15) is 0 Å². The number of aromatic nitrogens is 2. The van der Waals surface area contributed by atoms with E-state index in [0.29, 0.717) is 18.4 Å². The predicted molar refractivity (Wildman–Crippen MR) is 74.6 cm³/mol. The highest BCUT2D eigenvalue weighted by Gasteiger charge is 2.16. The van der Waals surface area contributed by atoms with E-state index in [-0.39, 0.29) is 5.54 Å². The van der Waals surface area contributed by atoms with Crippen molar-refractivity contribution < 1.29 is 0 Å². The summed E-state index contributed by atoms with van der Waals surface area (Å²) < 4.78 is 0. The summed E-state index contributed by atoms with van der Waals surface area (Å²) in [7, 11) is 0. The standard InChI is InChI=1S/C14H24N4/c1-14(2,15)10-18-13-16-8-12(9-17-13)11-6-4-3-5-7-11/h8-9,11H,3-7,10,15H2,1-2H3,(H,16,17,18). The van der Waals surface area contributed by atoms with Crippen molar-refractivity contribution in [3.63, 3.8) is 0 Å². The largest absolute Gasteiger partial charge is 0.352 e. The first-order valence-electron chi connectivity index (χ1n) is 6.89. The molecule has 1 heterocycles. The molecule has 0 saturated heterocycles. The van der Waals surface area contributed by atoms with Gasteiger partial charge in [-0.05, 0) is 38.2 Å². The van der Waals surface area contributed by atoms with E-state index in [9.17, 15) is 0 Å². The summed E-state index contributed by atoms with van der Waals surface area (Å²) in [5.74, 6) is 1.34. The third-order valence-corrected chi connectivity index (χ3v) is 3.45. The molecule has 0 atom stereocenters. The van der Waals surface area contributed by atoms with Crippen molar-refractivity contribution in [1.82, 2.24) is 9.97 Å². The van der Waals surface area contributed by atoms with Gasteiger partial charge in [-0.3, -0.25) is 0 Å². The van der Waals surface area contributed by atoms with Crippen molar-refractivity contribution in [2.24, 2.45) is 5.73 Å². The van der Waals surface area contributed by atoms with Crippen LogP contribution in [-0.4, -0.2) is 22.1 Å². The molecule has 0 amide bonds. The zero-order valence-electron chi connectivity index (χ0n) is 11.4. The third kappa shape index (κ3) is 3.95. The molecule has 1 aliphatic rings. The quantitative estimate of drug-likeness (QED) is 0.860. The summed E-state index contributed by atoms with van der Waals surface area (Å²) >= 11 is 0. The van der Waals surface area contributed by atoms with Crippen LogP contribution in [0.4, 0.5) is 5.95 Å². The molecule has 1 aromatic heterocycles. The summed E-state index contributed by atoms with van der Waals surface area (Å²) in [5, 5.41) is 3.17. The summed E-state index contributed by atoms with van der Waals surface area (Å²) in [4.78, 5) is 8.76. The van der Waals surface area contributed by atoms with E-state index in [1.165, 1.54) is 37.7 Å². The molecule has 0 aromatic carbocycles. The average Bonchev–Trinajstić information content (AvgIpc) is 2.37. The van der Waals surface area contributed by atoms with Gasteiger partial charge in [0.25, 0.3) is 0 Å². The van der Waals surface area contributed by atoms with Crippen LogP contribution in [0.3, 0.4) is 0 Å². The van der Waals surface area contributed by atoms with Gasteiger partial charge in [0.05, 0.1) is 0 Å². The minimum atomic E-state index is -0.245. The normalized spacial score (nSPS) is 17.7. The van der Waals surface area contributed by atoms with E-state index in [4.69, 9.17) is 5.73 Å². The first-order valence-corrected chi connectivity index (χ1v) is 6.89. The van der Waals surface area contributed by atoms with Crippen LogP contribution >= 0.6 is 0 Å². The Balaban J connectivity index is 1.92. The second-order valence-electron chi connectivity index (χ2n) is 6.02. The Bertz CT molecular complexity index is 360. The second-order valence-corrected chi connectivity index (χ2v) is 6.02. The Labute approximate surface area is 109 Å². The number of nitrogens with one attached hydrogen (secondary N) is 1. The molecule has 3 N–H and O–H groups in total. The molecule has 1 fully saturated rings. The Morgan fingerprint density at radius 3 is 2.39 bits per heavy atom. The highest BCUT2D eigenvalue weighted by molar-refractivity contribution is 5.26. The van der Waals surface area contributed by atoms with Crippen molar-refractivity contribution in [1.29, 1.82) is 0 Å². The molecular weight excluding hydrogens is 224 g/mol. The van der Waals surface area contributed by atoms with Gasteiger partial charge in [0.2, 0.25) is 5.95 Å². The van der Waals surface area contributed by atoms with E-state index in [1.807, 2.05) is 26.2 Å². The number of nitrogens with two attached hydrogens (primary N) is 1. The number of nitrogens with zero attached hydrogens (tertiary/aromatic N) is 2. The van der Waals surface area contributed by atoms with E-state index in [0.717, 1.165) is 0 Å². The first-order chi connectivity index (χ1) is 8.54. The fourth-order valence-corrected chi connectivity index (χ4v) is 2.38. The minimum Gasteiger partial charge on any atom is -0.352 e. The van der Waals surface area contributed by atoms with Crippen molar-refractivity contribution in [2.75, 3.05) is 11.9 Å². The van der Waals surface area contributed by atoms with Crippen LogP contribution in [0.2, 0.25) is 0 Å². The lowest BCUT2D eigenvalue weighted by molar-refractivity contribution is 0.442. The molecule has 4 heteroatoms. The molecule has 100 valence electrons. The Morgan fingerprint density at radius 1 is 1.22 bits per heavy atom. The zero-order valence-corrected chi connectivity index (χ0v) is 11.4. The Hall–Kier alpha value is -1.16. The molecule has 1 aromatic rings. The van der Waals surface area contributed by atoms with E-state index in [1.54, 1.807) is 0 Å². The van der Waals surface area contributed by atoms with Crippen LogP contribution < -0.4 is 11.1 Å². The fraction of sp³-hybridized carbons (Fsp3) is 0.714. The zero-order chi connectivity index (χ0) is 13.0. The molecule has 4 nitrogen and oxygen atoms in total. The maximum atomic E-state index is 5.91. The van der Waals surface area contributed by atoms with Crippen molar-refractivity contribution in [2.45, 2.75) is 57.4 Å². The second kappa shape index (κ2) is 5.65. The van der Waals surface area contributed by atoms with Crippen molar-refractivity contribution >= 4 is 5.95 Å². The fourth-order valence-electron chi connectivity index (χ4n) is 2.38. The average molecular weight is 248 g/mol. The smallest absolute Gasteiger partial charge is 0.222 e. The molecule has 0 radical (unpaired) electrons. The van der Waals surface area contributed by atoms with Crippen LogP contribution in [0, 0.1) is 0 Å². The molecule has 1 saturated carbocycles. The van der Waals surface area contributed by atoms with Gasteiger partial charge in [-0.2, -0.15) is 0 Å². The van der Waals surface area contributed by atoms with Crippen LogP contribution in [0.25, 0.3) is 0 Å². The Kier molecular flexibility index (Phi) is 4.17. The lowest BCUT2D eigenvalue weighted by Crippen LogP contribution is -2.39. The third-order valence-electron chi connectivity index (χ3n) is 3.45. The predicted octanol–water partition coefficient (Wildman–Crippen LogP) is 2.67. The lowest BCUT2D eigenvalue weighted by Gasteiger charge is -2.22. The molecular formula is C14H24N4. The number of rotatable bonds is 4. The molecule has 0 bridgehead atoms. The molecule has 2 rings (SSSR count). The van der Waals surface area contributed by atoms with Gasteiger partial charge in [-0.15, -0.1) is 0 Å². The van der Waals surface area contributed by atoms with Gasteiger partial charge in [-0.25, -0.2) is 9.97 Å². The molecule has 18 heavy (non-hydrogen) atoms. The number of hydrogen-bond donors (Lipinski definition) is 2. The van der Waals surface area contributed by atoms with Crippen LogP contribution in [0.1, 0.15) is 57.4 Å². The number of hydrogen-bond acceptors (Lipinski definition) is 4. The first kappa shape index (κ1) is 13.3. The lowest BCUT2D eigenvalue weighted by atomic mass is 9.85. The molecule has 0 aliphatic heterocycles. The van der Waals surface area contributed by atoms with E-state index < -0.39 is 0 Å². The van der Waals surface area contributed by atoms with Gasteiger partial charge in [0.15, 0.2) is 0 Å². The van der Waals surface area contributed by atoms with Gasteiger partial charge in [-0.1, -0.05) is 19.3 Å². The monoisotopic (exact) mass is 248 g/mol. The van der Waals surface area contributed by atoms with Gasteiger partial charge in [0, 0.05) is 24.5 Å². The van der Waals surface area contributed by atoms with Gasteiger partial charge < -0.3 is 11.1 Å². The minimum absolute atomic E-state index is 0.245. The van der Waals surface area contributed by atoms with Crippen LogP contribution in [0.5, 0.6) is 0 Å². The molecule has 0 spiro atoms. The van der Waals surface area contributed by atoms with Gasteiger partial charge >= 0.3 is 0 Å². The van der Waals surface area contributed by atoms with E-state index in [2.05, 4.69) is 15.3 Å². The van der Waals surface area contributed by atoms with Crippen LogP contribution in [0.15, 0.2) is 12.4 Å². The topological polar surface area (TPSA) is 63.8 Å².